The largest absolute Gasteiger partial charge is 0.479 e. The van der Waals surface area contributed by atoms with Gasteiger partial charge in [-0.25, -0.2) is 0 Å². The Bertz CT molecular complexity index is 1220. The molecule has 1 saturated heterocycles. The van der Waals surface area contributed by atoms with Crippen molar-refractivity contribution in [2.45, 2.75) is 71.0 Å². The lowest BCUT2D eigenvalue weighted by Gasteiger charge is -2.39. The number of benzene rings is 1. The first kappa shape index (κ1) is 29.3. The van der Waals surface area contributed by atoms with Crippen LogP contribution in [0.4, 0.5) is 0 Å². The topological polar surface area (TPSA) is 88.7 Å². The molecule has 0 spiro atoms. The number of amides is 1. The van der Waals surface area contributed by atoms with Gasteiger partial charge in [0.25, 0.3) is 5.91 Å². The number of H-pyrrole nitrogens is 1. The van der Waals surface area contributed by atoms with E-state index < -0.39 is 14.4 Å². The van der Waals surface area contributed by atoms with Gasteiger partial charge in [0.2, 0.25) is 0 Å². The van der Waals surface area contributed by atoms with Crippen molar-refractivity contribution in [3.05, 3.63) is 60.0 Å². The molecule has 8 nitrogen and oxygen atoms in total. The van der Waals surface area contributed by atoms with E-state index in [4.69, 9.17) is 13.9 Å². The lowest BCUT2D eigenvalue weighted by molar-refractivity contribution is -0.142. The van der Waals surface area contributed by atoms with Gasteiger partial charge in [0.15, 0.2) is 14.4 Å². The molecule has 0 saturated carbocycles. The lowest BCUT2D eigenvalue weighted by Crippen LogP contribution is -2.49. The van der Waals surface area contributed by atoms with Gasteiger partial charge in [-0.2, -0.15) is 0 Å². The standard InChI is InChI=1S/C30H44N4O4Si/c1-22(29(35)34-15-17-36-18-16-34)37-26-11-7-10-25-24(21-33-28(25)26)12-14-32-27(19-23-9-8-13-31-20-23)38-39(5,6)30(2,3)4/h7-11,13,20-22,27,32-33H,12,14-19H2,1-6H3/t22-,27+/m0/s1. The number of carbonyl (C=O) groups is 1. The predicted octanol–water partition coefficient (Wildman–Crippen LogP) is 4.91. The highest BCUT2D eigenvalue weighted by Crippen LogP contribution is 2.37. The van der Waals surface area contributed by atoms with E-state index in [0.717, 1.165) is 35.9 Å². The molecule has 2 N–H and O–H groups in total. The highest BCUT2D eigenvalue weighted by molar-refractivity contribution is 6.74. The number of morpholine rings is 1. The van der Waals surface area contributed by atoms with E-state index in [1.165, 1.54) is 5.56 Å². The number of hydrogen-bond donors (Lipinski definition) is 2. The van der Waals surface area contributed by atoms with Crippen molar-refractivity contribution in [1.29, 1.82) is 0 Å². The van der Waals surface area contributed by atoms with Crippen LogP contribution in [0.15, 0.2) is 48.9 Å². The molecule has 4 rings (SSSR count). The lowest BCUT2D eigenvalue weighted by atomic mass is 10.1. The van der Waals surface area contributed by atoms with Crippen molar-refractivity contribution in [1.82, 2.24) is 20.2 Å². The fraction of sp³-hybridized carbons (Fsp3) is 0.533. The maximum absolute atomic E-state index is 12.9. The average Bonchev–Trinajstić information content (AvgIpc) is 3.32. The van der Waals surface area contributed by atoms with Gasteiger partial charge >= 0.3 is 0 Å². The van der Waals surface area contributed by atoms with Gasteiger partial charge in [-0.05, 0) is 54.7 Å². The van der Waals surface area contributed by atoms with Crippen LogP contribution in [-0.2, 0) is 26.8 Å². The molecule has 0 radical (unpaired) electrons. The van der Waals surface area contributed by atoms with Crippen LogP contribution < -0.4 is 10.1 Å². The number of pyridine rings is 1. The summed E-state index contributed by atoms with van der Waals surface area (Å²) in [6.45, 7) is 16.3. The fourth-order valence-electron chi connectivity index (χ4n) is 4.56. The molecule has 3 heterocycles. The van der Waals surface area contributed by atoms with Crippen LogP contribution >= 0.6 is 0 Å². The molecule has 9 heteroatoms. The quantitative estimate of drug-likeness (QED) is 0.260. The van der Waals surface area contributed by atoms with Crippen molar-refractivity contribution < 1.29 is 18.7 Å². The molecule has 1 amide bonds. The van der Waals surface area contributed by atoms with Gasteiger partial charge in [-0.15, -0.1) is 0 Å². The number of hydrogen-bond acceptors (Lipinski definition) is 6. The Kier molecular flexibility index (Phi) is 9.48. The van der Waals surface area contributed by atoms with Crippen LogP contribution in [0.1, 0.15) is 38.8 Å². The Balaban J connectivity index is 1.41. The monoisotopic (exact) mass is 552 g/mol. The average molecular weight is 553 g/mol. The maximum atomic E-state index is 12.9. The smallest absolute Gasteiger partial charge is 0.263 e. The van der Waals surface area contributed by atoms with E-state index in [0.29, 0.717) is 32.1 Å². The number of nitrogens with zero attached hydrogens (tertiary/aromatic N) is 2. The third kappa shape index (κ3) is 7.48. The summed E-state index contributed by atoms with van der Waals surface area (Å²) in [5.41, 5.74) is 3.27. The number of aromatic amines is 1. The number of aromatic nitrogens is 2. The van der Waals surface area contributed by atoms with Crippen LogP contribution in [0.5, 0.6) is 5.75 Å². The zero-order chi connectivity index (χ0) is 28.0. The first-order valence-corrected chi connectivity index (χ1v) is 16.9. The molecular weight excluding hydrogens is 508 g/mol. The molecule has 2 aromatic heterocycles. The van der Waals surface area contributed by atoms with Gasteiger partial charge in [0.05, 0.1) is 18.7 Å². The summed E-state index contributed by atoms with van der Waals surface area (Å²) < 4.78 is 18.3. The minimum Gasteiger partial charge on any atom is -0.479 e. The summed E-state index contributed by atoms with van der Waals surface area (Å²) >= 11 is 0. The van der Waals surface area contributed by atoms with Crippen LogP contribution in [0.3, 0.4) is 0 Å². The van der Waals surface area contributed by atoms with Crippen LogP contribution in [-0.4, -0.2) is 74.3 Å². The summed E-state index contributed by atoms with van der Waals surface area (Å²) in [6, 6.07) is 10.1. The van der Waals surface area contributed by atoms with E-state index in [2.05, 4.69) is 61.3 Å². The van der Waals surface area contributed by atoms with Gasteiger partial charge in [0, 0.05) is 50.0 Å². The highest BCUT2D eigenvalue weighted by atomic mass is 28.4. The third-order valence-electron chi connectivity index (χ3n) is 7.89. The summed E-state index contributed by atoms with van der Waals surface area (Å²) in [5, 5.41) is 4.90. The molecule has 1 fully saturated rings. The SMILES string of the molecule is C[C@H](Oc1cccc2c(CCN[C@@H](Cc3cccnc3)O[Si](C)(C)C(C)(C)C)c[nH]c12)C(=O)N1CCOCC1. The van der Waals surface area contributed by atoms with Crippen molar-refractivity contribution in [2.24, 2.45) is 0 Å². The number of carbonyl (C=O) groups excluding carboxylic acids is 1. The Morgan fingerprint density at radius 2 is 1.97 bits per heavy atom. The second kappa shape index (κ2) is 12.6. The first-order valence-electron chi connectivity index (χ1n) is 14.0. The molecule has 2 atom stereocenters. The number of para-hydroxylation sites is 1. The summed E-state index contributed by atoms with van der Waals surface area (Å²) in [7, 11) is -1.97. The van der Waals surface area contributed by atoms with E-state index >= 15 is 0 Å². The van der Waals surface area contributed by atoms with Crippen molar-refractivity contribution in [3.8, 4) is 5.75 Å². The van der Waals surface area contributed by atoms with E-state index in [1.54, 1.807) is 6.20 Å². The molecule has 0 bridgehead atoms. The Hall–Kier alpha value is -2.72. The second-order valence-corrected chi connectivity index (χ2v) is 16.6. The third-order valence-corrected chi connectivity index (χ3v) is 12.4. The van der Waals surface area contributed by atoms with Crippen molar-refractivity contribution in [2.75, 3.05) is 32.8 Å². The van der Waals surface area contributed by atoms with Crippen molar-refractivity contribution in [3.63, 3.8) is 0 Å². The molecule has 39 heavy (non-hydrogen) atoms. The van der Waals surface area contributed by atoms with Gasteiger partial charge < -0.3 is 23.8 Å². The fourth-order valence-corrected chi connectivity index (χ4v) is 5.79. The molecule has 0 unspecified atom stereocenters. The normalized spacial score (nSPS) is 16.3. The zero-order valence-corrected chi connectivity index (χ0v) is 25.3. The van der Waals surface area contributed by atoms with E-state index in [9.17, 15) is 4.79 Å². The number of ether oxygens (including phenoxy) is 2. The number of fused-ring (bicyclic) bond motifs is 1. The molecule has 1 aliphatic heterocycles. The van der Waals surface area contributed by atoms with Crippen molar-refractivity contribution >= 4 is 25.1 Å². The van der Waals surface area contributed by atoms with Gasteiger partial charge in [0.1, 0.15) is 12.0 Å². The summed E-state index contributed by atoms with van der Waals surface area (Å²) in [6.07, 6.45) is 6.69. The number of rotatable bonds is 11. The summed E-state index contributed by atoms with van der Waals surface area (Å²) in [4.78, 5) is 22.3. The van der Waals surface area contributed by atoms with Crippen LogP contribution in [0.2, 0.25) is 18.1 Å². The summed E-state index contributed by atoms with van der Waals surface area (Å²) in [5.74, 6) is 0.684. The molecule has 212 valence electrons. The minimum absolute atomic E-state index is 0.00679. The molecule has 3 aromatic rings. The van der Waals surface area contributed by atoms with Crippen LogP contribution in [0, 0.1) is 0 Å². The highest BCUT2D eigenvalue weighted by Gasteiger charge is 2.39. The molecule has 1 aliphatic rings. The Morgan fingerprint density at radius 1 is 1.21 bits per heavy atom. The van der Waals surface area contributed by atoms with E-state index in [1.807, 2.05) is 42.4 Å². The molecule has 0 aliphatic carbocycles. The second-order valence-electron chi connectivity index (χ2n) is 11.8. The number of nitrogens with one attached hydrogen (secondary N) is 2. The van der Waals surface area contributed by atoms with Gasteiger partial charge in [-0.1, -0.05) is 39.0 Å². The van der Waals surface area contributed by atoms with Crippen LogP contribution in [0.25, 0.3) is 10.9 Å². The Labute approximate surface area is 233 Å². The van der Waals surface area contributed by atoms with E-state index in [-0.39, 0.29) is 17.2 Å². The maximum Gasteiger partial charge on any atom is 0.263 e. The Morgan fingerprint density at radius 3 is 2.67 bits per heavy atom. The first-order chi connectivity index (χ1) is 18.5. The zero-order valence-electron chi connectivity index (χ0n) is 24.3. The molecule has 1 aromatic carbocycles. The van der Waals surface area contributed by atoms with Gasteiger partial charge in [-0.3, -0.25) is 15.1 Å². The molecular formula is C30H44N4O4Si. The predicted molar refractivity (Wildman–Crippen MR) is 158 cm³/mol. The minimum atomic E-state index is -1.97.